The second-order valence-electron chi connectivity index (χ2n) is 6.99. The first-order valence-electron chi connectivity index (χ1n) is 9.34. The summed E-state index contributed by atoms with van der Waals surface area (Å²) in [5.74, 6) is -1.42. The third kappa shape index (κ3) is 4.05. The molecule has 0 radical (unpaired) electrons. The monoisotopic (exact) mass is 467 g/mol. The van der Waals surface area contributed by atoms with Crippen molar-refractivity contribution < 1.29 is 35.3 Å². The molecule has 12 heteroatoms. The maximum Gasteiger partial charge on any atom is 0.534 e. The zero-order valence-corrected chi connectivity index (χ0v) is 17.3. The number of nitrogens with one attached hydrogen (secondary N) is 1. The van der Waals surface area contributed by atoms with Gasteiger partial charge in [0.2, 0.25) is 0 Å². The summed E-state index contributed by atoms with van der Waals surface area (Å²) in [7, 11) is -4.77. The molecule has 4 rings (SSSR count). The number of benzene rings is 2. The Balaban J connectivity index is 1.84. The lowest BCUT2D eigenvalue weighted by Crippen LogP contribution is -2.29. The van der Waals surface area contributed by atoms with Gasteiger partial charge in [0.1, 0.15) is 5.69 Å². The van der Waals surface area contributed by atoms with E-state index in [1.54, 1.807) is 12.1 Å². The average Bonchev–Trinajstić information content (AvgIpc) is 2.76. The molecule has 1 aliphatic rings. The van der Waals surface area contributed by atoms with Gasteiger partial charge in [-0.1, -0.05) is 18.2 Å². The molecule has 0 fully saturated rings. The van der Waals surface area contributed by atoms with E-state index in [2.05, 4.69) is 24.2 Å². The minimum absolute atomic E-state index is 0.0463. The molecule has 0 saturated heterocycles. The van der Waals surface area contributed by atoms with Crippen LogP contribution in [0.25, 0.3) is 11.0 Å². The molecular weight excluding hydrogens is 451 g/mol. The maximum absolute atomic E-state index is 13.0. The zero-order valence-electron chi connectivity index (χ0n) is 16.5. The van der Waals surface area contributed by atoms with E-state index in [4.69, 9.17) is 0 Å². The molecular formula is C20H16F3N3O5S. The number of ether oxygens (including phenoxy) is 1. The number of hydrogen-bond acceptors (Lipinski definition) is 8. The van der Waals surface area contributed by atoms with Crippen molar-refractivity contribution in [2.24, 2.45) is 0 Å². The van der Waals surface area contributed by atoms with Gasteiger partial charge >= 0.3 is 21.6 Å². The first-order valence-corrected chi connectivity index (χ1v) is 10.7. The smallest absolute Gasteiger partial charge is 0.465 e. The Hall–Kier alpha value is -3.41. The van der Waals surface area contributed by atoms with Crippen molar-refractivity contribution in [2.45, 2.75) is 24.4 Å². The number of nitrogens with zero attached hydrogens (tertiary/aromatic N) is 2. The minimum Gasteiger partial charge on any atom is -0.465 e. The molecule has 0 aliphatic carbocycles. The van der Waals surface area contributed by atoms with E-state index in [0.717, 1.165) is 11.3 Å². The van der Waals surface area contributed by atoms with Crippen LogP contribution >= 0.6 is 0 Å². The third-order valence-corrected chi connectivity index (χ3v) is 5.87. The summed E-state index contributed by atoms with van der Waals surface area (Å²) >= 11 is 0. The summed E-state index contributed by atoms with van der Waals surface area (Å²) in [6, 6.07) is 10.7. The highest BCUT2D eigenvalue weighted by Gasteiger charge is 2.49. The van der Waals surface area contributed by atoms with E-state index in [1.165, 1.54) is 25.3 Å². The molecule has 8 nitrogen and oxygen atoms in total. The highest BCUT2D eigenvalue weighted by molar-refractivity contribution is 7.87. The number of fused-ring (bicyclic) bond motifs is 2. The summed E-state index contributed by atoms with van der Waals surface area (Å²) in [5.41, 5.74) is -3.66. The fourth-order valence-electron chi connectivity index (χ4n) is 3.38. The normalized spacial score (nSPS) is 16.2. The predicted octanol–water partition coefficient (Wildman–Crippen LogP) is 3.74. The number of rotatable bonds is 4. The molecule has 3 aromatic rings. The standard InChI is InChI=1S/C20H16F3N3O5S/c1-30-19(27)12-7-8-14-16(10-12)25-17(18(26-14)31-32(28,29)20(21,22)23)15-9-6-11-4-2-3-5-13(11)24-15/h2-5,7-8,10,15,24H,6,9H2,1H3. The molecule has 1 aliphatic heterocycles. The second kappa shape index (κ2) is 7.93. The van der Waals surface area contributed by atoms with E-state index < -0.39 is 33.5 Å². The van der Waals surface area contributed by atoms with Crippen LogP contribution in [0, 0.1) is 0 Å². The van der Waals surface area contributed by atoms with Crippen LogP contribution in [0.5, 0.6) is 5.88 Å². The van der Waals surface area contributed by atoms with Gasteiger partial charge in [-0.3, -0.25) is 0 Å². The summed E-state index contributed by atoms with van der Waals surface area (Å²) in [5, 5.41) is 3.14. The van der Waals surface area contributed by atoms with Crippen molar-refractivity contribution >= 4 is 32.8 Å². The van der Waals surface area contributed by atoms with Gasteiger partial charge in [-0.15, -0.1) is 0 Å². The summed E-state index contributed by atoms with van der Waals surface area (Å²) < 4.78 is 71.3. The number of aromatic nitrogens is 2. The lowest BCUT2D eigenvalue weighted by Gasteiger charge is -2.27. The lowest BCUT2D eigenvalue weighted by atomic mass is 9.96. The highest BCUT2D eigenvalue weighted by atomic mass is 32.2. The van der Waals surface area contributed by atoms with Crippen molar-refractivity contribution in [3.63, 3.8) is 0 Å². The predicted molar refractivity (Wildman–Crippen MR) is 108 cm³/mol. The number of carbonyl (C=O) groups excluding carboxylic acids is 1. The fourth-order valence-corrected chi connectivity index (χ4v) is 3.80. The molecule has 0 amide bonds. The van der Waals surface area contributed by atoms with Crippen LogP contribution in [0.1, 0.15) is 34.1 Å². The Labute approximate surface area is 180 Å². The average molecular weight is 467 g/mol. The summed E-state index contributed by atoms with van der Waals surface area (Å²) in [4.78, 5) is 20.1. The van der Waals surface area contributed by atoms with Gasteiger partial charge in [0, 0.05) is 5.69 Å². The molecule has 32 heavy (non-hydrogen) atoms. The van der Waals surface area contributed by atoms with Crippen molar-refractivity contribution in [3.8, 4) is 5.88 Å². The van der Waals surface area contributed by atoms with Gasteiger partial charge in [0.15, 0.2) is 0 Å². The Morgan fingerprint density at radius 3 is 2.59 bits per heavy atom. The number of anilines is 1. The Bertz CT molecular complexity index is 1310. The molecule has 1 aromatic heterocycles. The van der Waals surface area contributed by atoms with Crippen molar-refractivity contribution in [1.82, 2.24) is 9.97 Å². The first kappa shape index (κ1) is 21.8. The van der Waals surface area contributed by atoms with E-state index in [0.29, 0.717) is 12.8 Å². The van der Waals surface area contributed by atoms with Crippen molar-refractivity contribution in [2.75, 3.05) is 12.4 Å². The quantitative estimate of drug-likeness (QED) is 0.351. The van der Waals surface area contributed by atoms with Gasteiger partial charge in [-0.25, -0.2) is 14.8 Å². The third-order valence-electron chi connectivity index (χ3n) is 4.93. The molecule has 1 unspecified atom stereocenters. The topological polar surface area (TPSA) is 107 Å². The molecule has 1 N–H and O–H groups in total. The van der Waals surface area contributed by atoms with Crippen molar-refractivity contribution in [1.29, 1.82) is 0 Å². The van der Waals surface area contributed by atoms with Crippen LogP contribution < -0.4 is 9.50 Å². The van der Waals surface area contributed by atoms with Gasteiger partial charge in [0.05, 0.1) is 29.7 Å². The largest absolute Gasteiger partial charge is 0.534 e. The highest BCUT2D eigenvalue weighted by Crippen LogP contribution is 2.37. The lowest BCUT2D eigenvalue weighted by molar-refractivity contribution is -0.0501. The number of halogens is 3. The second-order valence-corrected chi connectivity index (χ2v) is 8.52. The van der Waals surface area contributed by atoms with E-state index >= 15 is 0 Å². The molecule has 2 aromatic carbocycles. The van der Waals surface area contributed by atoms with E-state index in [1.807, 2.05) is 12.1 Å². The SMILES string of the molecule is COC(=O)c1ccc2nc(OS(=O)(=O)C(F)(F)F)c(C3CCc4ccccc4N3)nc2c1. The van der Waals surface area contributed by atoms with Crippen LogP contribution in [-0.4, -0.2) is 37.0 Å². The summed E-state index contributed by atoms with van der Waals surface area (Å²) in [6.45, 7) is 0. The Morgan fingerprint density at radius 1 is 1.12 bits per heavy atom. The number of alkyl halides is 3. The molecule has 0 bridgehead atoms. The number of carbonyl (C=O) groups is 1. The van der Waals surface area contributed by atoms with Crippen LogP contribution in [0.4, 0.5) is 18.9 Å². The Kier molecular flexibility index (Phi) is 5.41. The van der Waals surface area contributed by atoms with Crippen LogP contribution in [0.3, 0.4) is 0 Å². The van der Waals surface area contributed by atoms with Crippen LogP contribution in [0.2, 0.25) is 0 Å². The molecule has 0 spiro atoms. The fraction of sp³-hybridized carbons (Fsp3) is 0.250. The van der Waals surface area contributed by atoms with E-state index in [-0.39, 0.29) is 22.3 Å². The van der Waals surface area contributed by atoms with Gasteiger partial charge in [-0.2, -0.15) is 21.6 Å². The van der Waals surface area contributed by atoms with Crippen LogP contribution in [-0.2, 0) is 21.3 Å². The Morgan fingerprint density at radius 2 is 1.88 bits per heavy atom. The number of esters is 1. The first-order chi connectivity index (χ1) is 15.1. The number of aryl methyl sites for hydroxylation is 1. The summed E-state index contributed by atoms with van der Waals surface area (Å²) in [6.07, 6.45) is 0.970. The number of hydrogen-bond donors (Lipinski definition) is 1. The van der Waals surface area contributed by atoms with Crippen LogP contribution in [0.15, 0.2) is 42.5 Å². The van der Waals surface area contributed by atoms with Crippen molar-refractivity contribution in [3.05, 3.63) is 59.3 Å². The molecule has 1 atom stereocenters. The van der Waals surface area contributed by atoms with Gasteiger partial charge < -0.3 is 14.2 Å². The molecule has 2 heterocycles. The maximum atomic E-state index is 13.0. The molecule has 168 valence electrons. The number of methoxy groups -OCH3 is 1. The minimum atomic E-state index is -5.97. The zero-order chi connectivity index (χ0) is 23.1. The molecule has 0 saturated carbocycles. The number of para-hydroxylation sites is 1. The van der Waals surface area contributed by atoms with Gasteiger partial charge in [-0.05, 0) is 42.7 Å². The van der Waals surface area contributed by atoms with Gasteiger partial charge in [0.25, 0.3) is 5.88 Å². The van der Waals surface area contributed by atoms with E-state index in [9.17, 15) is 26.4 Å².